The number of aromatic nitrogens is 4. The van der Waals surface area contributed by atoms with E-state index >= 15 is 0 Å². The molecule has 0 fully saturated rings. The summed E-state index contributed by atoms with van der Waals surface area (Å²) in [7, 11) is 0. The molecule has 0 unspecified atom stereocenters. The lowest BCUT2D eigenvalue weighted by molar-refractivity contribution is 1.04. The van der Waals surface area contributed by atoms with E-state index in [2.05, 4.69) is 30.8 Å². The monoisotopic (exact) mass is 232 g/mol. The third-order valence-electron chi connectivity index (χ3n) is 2.38. The summed E-state index contributed by atoms with van der Waals surface area (Å²) in [4.78, 5) is 8.39. The van der Waals surface area contributed by atoms with Gasteiger partial charge in [0.25, 0.3) is 0 Å². The van der Waals surface area contributed by atoms with Crippen LogP contribution in [0.2, 0.25) is 0 Å². The van der Waals surface area contributed by atoms with Gasteiger partial charge < -0.3 is 10.6 Å². The minimum absolute atomic E-state index is 0.756. The van der Waals surface area contributed by atoms with Gasteiger partial charge in [-0.25, -0.2) is 9.97 Å². The SMILES string of the molecule is CCNc1ncnc(Nc2cc(C)[nH]n2)c1C. The van der Waals surface area contributed by atoms with E-state index < -0.39 is 0 Å². The molecule has 17 heavy (non-hydrogen) atoms. The van der Waals surface area contributed by atoms with Gasteiger partial charge in [0.1, 0.15) is 18.0 Å². The van der Waals surface area contributed by atoms with Gasteiger partial charge in [0.05, 0.1) is 0 Å². The van der Waals surface area contributed by atoms with Crippen LogP contribution in [0.4, 0.5) is 17.5 Å². The van der Waals surface area contributed by atoms with E-state index in [-0.39, 0.29) is 0 Å². The van der Waals surface area contributed by atoms with Crippen molar-refractivity contribution in [1.29, 1.82) is 0 Å². The van der Waals surface area contributed by atoms with Crippen LogP contribution in [-0.4, -0.2) is 26.7 Å². The molecular weight excluding hydrogens is 216 g/mol. The molecule has 6 heteroatoms. The van der Waals surface area contributed by atoms with Crippen LogP contribution in [0.25, 0.3) is 0 Å². The molecule has 0 saturated carbocycles. The molecule has 0 saturated heterocycles. The molecule has 0 atom stereocenters. The Labute approximate surface area is 99.9 Å². The second-order valence-electron chi connectivity index (χ2n) is 3.79. The Balaban J connectivity index is 2.23. The molecular formula is C11H16N6. The second-order valence-corrected chi connectivity index (χ2v) is 3.79. The molecule has 2 rings (SSSR count). The van der Waals surface area contributed by atoms with Gasteiger partial charge in [-0.2, -0.15) is 5.10 Å². The molecule has 2 heterocycles. The number of hydrogen-bond donors (Lipinski definition) is 3. The zero-order valence-electron chi connectivity index (χ0n) is 10.2. The summed E-state index contributed by atoms with van der Waals surface area (Å²) < 4.78 is 0. The Morgan fingerprint density at radius 2 is 2.00 bits per heavy atom. The molecule has 0 bridgehead atoms. The van der Waals surface area contributed by atoms with Gasteiger partial charge in [-0.3, -0.25) is 5.10 Å². The minimum Gasteiger partial charge on any atom is -0.370 e. The van der Waals surface area contributed by atoms with Crippen LogP contribution in [0, 0.1) is 13.8 Å². The summed E-state index contributed by atoms with van der Waals surface area (Å²) in [5.41, 5.74) is 1.99. The molecule has 2 aromatic rings. The maximum absolute atomic E-state index is 4.21. The van der Waals surface area contributed by atoms with Gasteiger partial charge in [0, 0.05) is 23.9 Å². The fourth-order valence-electron chi connectivity index (χ4n) is 1.53. The van der Waals surface area contributed by atoms with Crippen LogP contribution < -0.4 is 10.6 Å². The summed E-state index contributed by atoms with van der Waals surface area (Å²) in [6, 6.07) is 1.93. The van der Waals surface area contributed by atoms with Gasteiger partial charge >= 0.3 is 0 Å². The average molecular weight is 232 g/mol. The summed E-state index contributed by atoms with van der Waals surface area (Å²) in [5.74, 6) is 2.37. The van der Waals surface area contributed by atoms with Crippen molar-refractivity contribution in [3.05, 3.63) is 23.7 Å². The molecule has 2 aromatic heterocycles. The summed E-state index contributed by atoms with van der Waals surface area (Å²) >= 11 is 0. The van der Waals surface area contributed by atoms with Crippen LogP contribution >= 0.6 is 0 Å². The number of H-pyrrole nitrogens is 1. The molecule has 6 nitrogen and oxygen atoms in total. The Hall–Kier alpha value is -2.11. The number of nitrogens with zero attached hydrogens (tertiary/aromatic N) is 3. The Morgan fingerprint density at radius 3 is 2.65 bits per heavy atom. The first-order valence-electron chi connectivity index (χ1n) is 5.55. The van der Waals surface area contributed by atoms with E-state index in [4.69, 9.17) is 0 Å². The largest absolute Gasteiger partial charge is 0.370 e. The first-order chi connectivity index (χ1) is 8.20. The van der Waals surface area contributed by atoms with Crippen molar-refractivity contribution in [3.63, 3.8) is 0 Å². The zero-order chi connectivity index (χ0) is 12.3. The number of anilines is 3. The highest BCUT2D eigenvalue weighted by atomic mass is 15.2. The van der Waals surface area contributed by atoms with Crippen LogP contribution in [0.5, 0.6) is 0 Å². The number of nitrogens with one attached hydrogen (secondary N) is 3. The molecule has 0 aromatic carbocycles. The minimum atomic E-state index is 0.756. The molecule has 0 aliphatic heterocycles. The molecule has 3 N–H and O–H groups in total. The van der Waals surface area contributed by atoms with Crippen LogP contribution in [0.15, 0.2) is 12.4 Å². The maximum Gasteiger partial charge on any atom is 0.153 e. The van der Waals surface area contributed by atoms with Crippen molar-refractivity contribution >= 4 is 17.5 Å². The predicted octanol–water partition coefficient (Wildman–Crippen LogP) is 1.99. The first kappa shape index (κ1) is 11.4. The third-order valence-corrected chi connectivity index (χ3v) is 2.38. The molecule has 0 amide bonds. The topological polar surface area (TPSA) is 78.5 Å². The van der Waals surface area contributed by atoms with Gasteiger partial charge in [-0.05, 0) is 20.8 Å². The van der Waals surface area contributed by atoms with E-state index in [1.165, 1.54) is 6.33 Å². The average Bonchev–Trinajstić information content (AvgIpc) is 2.70. The highest BCUT2D eigenvalue weighted by molar-refractivity contribution is 5.62. The van der Waals surface area contributed by atoms with Crippen LogP contribution in [0.3, 0.4) is 0 Å². The lowest BCUT2D eigenvalue weighted by Crippen LogP contribution is -2.05. The zero-order valence-corrected chi connectivity index (χ0v) is 10.2. The number of hydrogen-bond acceptors (Lipinski definition) is 5. The fraction of sp³-hybridized carbons (Fsp3) is 0.364. The quantitative estimate of drug-likeness (QED) is 0.751. The van der Waals surface area contributed by atoms with Gasteiger partial charge in [-0.1, -0.05) is 0 Å². The smallest absolute Gasteiger partial charge is 0.153 e. The summed E-state index contributed by atoms with van der Waals surface area (Å²) in [5, 5.41) is 13.3. The molecule has 0 aliphatic rings. The lowest BCUT2D eigenvalue weighted by atomic mass is 10.3. The predicted molar refractivity (Wildman–Crippen MR) is 67.5 cm³/mol. The lowest BCUT2D eigenvalue weighted by Gasteiger charge is -2.10. The van der Waals surface area contributed by atoms with E-state index in [0.717, 1.165) is 35.3 Å². The van der Waals surface area contributed by atoms with Crippen LogP contribution in [-0.2, 0) is 0 Å². The third kappa shape index (κ3) is 2.52. The van der Waals surface area contributed by atoms with E-state index in [1.807, 2.05) is 26.8 Å². The van der Waals surface area contributed by atoms with Crippen molar-refractivity contribution < 1.29 is 0 Å². The number of aromatic amines is 1. The fourth-order valence-corrected chi connectivity index (χ4v) is 1.53. The van der Waals surface area contributed by atoms with Crippen molar-refractivity contribution in [2.45, 2.75) is 20.8 Å². The van der Waals surface area contributed by atoms with Gasteiger partial charge in [-0.15, -0.1) is 0 Å². The summed E-state index contributed by atoms with van der Waals surface area (Å²) in [6.07, 6.45) is 1.53. The first-order valence-corrected chi connectivity index (χ1v) is 5.55. The molecule has 0 radical (unpaired) electrons. The van der Waals surface area contributed by atoms with Gasteiger partial charge in [0.2, 0.25) is 0 Å². The Bertz CT molecular complexity index is 504. The maximum atomic E-state index is 4.21. The van der Waals surface area contributed by atoms with E-state index in [0.29, 0.717) is 0 Å². The standard InChI is InChI=1S/C11H16N6/c1-4-12-10-8(3)11(14-6-13-10)15-9-5-7(2)16-17-9/h5-6H,4H2,1-3H3,(H3,12,13,14,15,16,17). The Kier molecular flexibility index (Phi) is 3.22. The van der Waals surface area contributed by atoms with E-state index in [9.17, 15) is 0 Å². The van der Waals surface area contributed by atoms with Crippen LogP contribution in [0.1, 0.15) is 18.2 Å². The van der Waals surface area contributed by atoms with Gasteiger partial charge in [0.15, 0.2) is 5.82 Å². The van der Waals surface area contributed by atoms with Crippen molar-refractivity contribution in [2.24, 2.45) is 0 Å². The van der Waals surface area contributed by atoms with Crippen molar-refractivity contribution in [2.75, 3.05) is 17.2 Å². The van der Waals surface area contributed by atoms with E-state index in [1.54, 1.807) is 0 Å². The van der Waals surface area contributed by atoms with Crippen molar-refractivity contribution in [1.82, 2.24) is 20.2 Å². The normalized spacial score (nSPS) is 10.3. The molecule has 90 valence electrons. The highest BCUT2D eigenvalue weighted by Gasteiger charge is 2.07. The second kappa shape index (κ2) is 4.82. The highest BCUT2D eigenvalue weighted by Crippen LogP contribution is 2.21. The molecule has 0 spiro atoms. The Morgan fingerprint density at radius 1 is 1.24 bits per heavy atom. The number of rotatable bonds is 4. The van der Waals surface area contributed by atoms with Crippen molar-refractivity contribution in [3.8, 4) is 0 Å². The number of aryl methyl sites for hydroxylation is 1. The molecule has 0 aliphatic carbocycles. The summed E-state index contributed by atoms with van der Waals surface area (Å²) in [6.45, 7) is 6.79.